The number of allylic oxidation sites excluding steroid dienone is 6. The van der Waals surface area contributed by atoms with Crippen molar-refractivity contribution >= 4 is 17.9 Å². The second-order valence-electron chi connectivity index (χ2n) is 22.0. The molecule has 0 saturated heterocycles. The molecule has 0 bridgehead atoms. The minimum Gasteiger partial charge on any atom is -0.462 e. The van der Waals surface area contributed by atoms with Crippen LogP contribution < -0.4 is 0 Å². The summed E-state index contributed by atoms with van der Waals surface area (Å²) in [5, 5.41) is 0. The smallest absolute Gasteiger partial charge is 0.306 e. The molecule has 0 aromatic heterocycles. The van der Waals surface area contributed by atoms with Crippen molar-refractivity contribution in [3.05, 3.63) is 36.5 Å². The van der Waals surface area contributed by atoms with Crippen LogP contribution in [0.3, 0.4) is 0 Å². The molecule has 0 aliphatic carbocycles. The Morgan fingerprint density at radius 3 is 0.712 bits per heavy atom. The predicted octanol–water partition coefficient (Wildman–Crippen LogP) is 22.0. The third-order valence-corrected chi connectivity index (χ3v) is 14.6. The molecular weight excluding hydrogens is 901 g/mol. The highest BCUT2D eigenvalue weighted by Gasteiger charge is 2.19. The molecule has 6 heteroatoms. The van der Waals surface area contributed by atoms with Gasteiger partial charge in [0.05, 0.1) is 0 Å². The van der Waals surface area contributed by atoms with Gasteiger partial charge in [0.1, 0.15) is 13.2 Å². The van der Waals surface area contributed by atoms with Crippen LogP contribution in [0.2, 0.25) is 0 Å². The zero-order valence-corrected chi connectivity index (χ0v) is 49.2. The van der Waals surface area contributed by atoms with E-state index in [0.29, 0.717) is 19.3 Å². The normalized spacial score (nSPS) is 12.2. The van der Waals surface area contributed by atoms with Crippen LogP contribution in [0.1, 0.15) is 355 Å². The van der Waals surface area contributed by atoms with E-state index in [-0.39, 0.29) is 31.1 Å². The summed E-state index contributed by atoms with van der Waals surface area (Å²) in [6, 6.07) is 0. The summed E-state index contributed by atoms with van der Waals surface area (Å²) in [5.74, 6) is -0.872. The van der Waals surface area contributed by atoms with Crippen molar-refractivity contribution < 1.29 is 28.6 Å². The molecular formula is C67H124O6. The Morgan fingerprint density at radius 2 is 0.452 bits per heavy atom. The van der Waals surface area contributed by atoms with Crippen molar-refractivity contribution in [3.63, 3.8) is 0 Å². The van der Waals surface area contributed by atoms with E-state index >= 15 is 0 Å². The van der Waals surface area contributed by atoms with E-state index in [4.69, 9.17) is 14.2 Å². The maximum atomic E-state index is 12.9. The molecule has 0 rings (SSSR count). The van der Waals surface area contributed by atoms with Crippen molar-refractivity contribution in [2.45, 2.75) is 361 Å². The summed E-state index contributed by atoms with van der Waals surface area (Å²) in [4.78, 5) is 38.2. The molecule has 0 aliphatic rings. The van der Waals surface area contributed by atoms with Crippen molar-refractivity contribution in [3.8, 4) is 0 Å². The Morgan fingerprint density at radius 1 is 0.260 bits per heavy atom. The highest BCUT2D eigenvalue weighted by atomic mass is 16.6. The van der Waals surface area contributed by atoms with Crippen LogP contribution in [0, 0.1) is 0 Å². The second kappa shape index (κ2) is 62.2. The van der Waals surface area contributed by atoms with Crippen LogP contribution in [0.25, 0.3) is 0 Å². The number of carbonyl (C=O) groups excluding carboxylic acids is 3. The topological polar surface area (TPSA) is 78.9 Å². The van der Waals surface area contributed by atoms with Gasteiger partial charge in [-0.1, -0.05) is 276 Å². The van der Waals surface area contributed by atoms with E-state index in [1.165, 1.54) is 244 Å². The Balaban J connectivity index is 4.19. The average Bonchev–Trinajstić information content (AvgIpc) is 3.39. The van der Waals surface area contributed by atoms with Gasteiger partial charge in [-0.05, 0) is 96.3 Å². The highest BCUT2D eigenvalue weighted by Crippen LogP contribution is 2.17. The quantitative estimate of drug-likeness (QED) is 0.0261. The fourth-order valence-electron chi connectivity index (χ4n) is 9.67. The number of rotatable bonds is 60. The Labute approximate surface area is 455 Å². The lowest BCUT2D eigenvalue weighted by molar-refractivity contribution is -0.167. The Kier molecular flexibility index (Phi) is 60.2. The van der Waals surface area contributed by atoms with Gasteiger partial charge in [0.25, 0.3) is 0 Å². The minimum absolute atomic E-state index is 0.0747. The number of ether oxygens (including phenoxy) is 3. The molecule has 0 aromatic carbocycles. The molecule has 6 nitrogen and oxygen atoms in total. The van der Waals surface area contributed by atoms with E-state index in [0.717, 1.165) is 70.6 Å². The van der Waals surface area contributed by atoms with E-state index < -0.39 is 6.10 Å². The zero-order chi connectivity index (χ0) is 52.9. The summed E-state index contributed by atoms with van der Waals surface area (Å²) in [6.07, 6.45) is 75.9. The molecule has 0 spiro atoms. The van der Waals surface area contributed by atoms with Crippen LogP contribution in [0.15, 0.2) is 36.5 Å². The van der Waals surface area contributed by atoms with Gasteiger partial charge in [-0.25, -0.2) is 0 Å². The summed E-state index contributed by atoms with van der Waals surface area (Å²) >= 11 is 0. The fraction of sp³-hybridized carbons (Fsp3) is 0.866. The maximum absolute atomic E-state index is 12.9. The summed E-state index contributed by atoms with van der Waals surface area (Å²) in [7, 11) is 0. The molecule has 0 saturated carbocycles. The lowest BCUT2D eigenvalue weighted by Gasteiger charge is -2.18. The highest BCUT2D eigenvalue weighted by molar-refractivity contribution is 5.71. The largest absolute Gasteiger partial charge is 0.462 e. The van der Waals surface area contributed by atoms with Crippen LogP contribution >= 0.6 is 0 Å². The third-order valence-electron chi connectivity index (χ3n) is 14.6. The van der Waals surface area contributed by atoms with E-state index in [1.54, 1.807) is 0 Å². The summed E-state index contributed by atoms with van der Waals surface area (Å²) < 4.78 is 16.9. The molecule has 0 N–H and O–H groups in total. The molecule has 0 fully saturated rings. The van der Waals surface area contributed by atoms with E-state index in [2.05, 4.69) is 57.2 Å². The molecule has 73 heavy (non-hydrogen) atoms. The van der Waals surface area contributed by atoms with Crippen molar-refractivity contribution in [2.24, 2.45) is 0 Å². The number of carbonyl (C=O) groups is 3. The molecule has 428 valence electrons. The fourth-order valence-corrected chi connectivity index (χ4v) is 9.67. The first-order valence-electron chi connectivity index (χ1n) is 32.5. The van der Waals surface area contributed by atoms with Gasteiger partial charge in [0, 0.05) is 19.3 Å². The van der Waals surface area contributed by atoms with Gasteiger partial charge in [-0.15, -0.1) is 0 Å². The van der Waals surface area contributed by atoms with E-state index in [9.17, 15) is 14.4 Å². The molecule has 0 amide bonds. The zero-order valence-electron chi connectivity index (χ0n) is 49.2. The Hall–Kier alpha value is -2.37. The number of hydrogen-bond donors (Lipinski definition) is 0. The molecule has 0 radical (unpaired) electrons. The first kappa shape index (κ1) is 70.6. The minimum atomic E-state index is -0.778. The average molecular weight is 1030 g/mol. The molecule has 0 aromatic rings. The molecule has 1 unspecified atom stereocenters. The standard InChI is InChI=1S/C67H124O6/c1-4-7-10-13-16-19-22-25-27-29-30-31-32-33-34-35-36-37-38-39-41-42-45-48-51-54-57-60-66(69)72-63-64(62-71-65(68)59-56-53-50-47-44-24-21-18-15-12-9-6-3)73-67(70)61-58-55-52-49-46-43-40-28-26-23-20-17-14-11-8-5-2/h18,21,28-30,40,64H,4-17,19-20,22-27,31-39,41-63H2,1-3H3/b21-18-,30-29-,40-28-. The van der Waals surface area contributed by atoms with Crippen LogP contribution in [0.4, 0.5) is 0 Å². The summed E-state index contributed by atoms with van der Waals surface area (Å²) in [5.41, 5.74) is 0. The van der Waals surface area contributed by atoms with Crippen LogP contribution in [-0.2, 0) is 28.6 Å². The SMILES string of the molecule is CCCCC/C=C\CCCCCCCC(=O)OCC(COC(=O)CCCCCCCCCCCCCCCCC/C=C\CCCCCCCCCC)OC(=O)CCCCCCC/C=C\CCCCCCCCC. The van der Waals surface area contributed by atoms with Gasteiger partial charge >= 0.3 is 17.9 Å². The first-order valence-corrected chi connectivity index (χ1v) is 32.5. The third kappa shape index (κ3) is 60.4. The van der Waals surface area contributed by atoms with Crippen molar-refractivity contribution in [1.82, 2.24) is 0 Å². The first-order chi connectivity index (χ1) is 36.0. The number of unbranched alkanes of at least 4 members (excludes halogenated alkanes) is 43. The van der Waals surface area contributed by atoms with Gasteiger partial charge in [-0.2, -0.15) is 0 Å². The van der Waals surface area contributed by atoms with Gasteiger partial charge in [0.15, 0.2) is 6.10 Å². The van der Waals surface area contributed by atoms with Crippen LogP contribution in [-0.4, -0.2) is 37.2 Å². The molecule has 0 heterocycles. The maximum Gasteiger partial charge on any atom is 0.306 e. The number of esters is 3. The summed E-state index contributed by atoms with van der Waals surface area (Å²) in [6.45, 7) is 6.65. The predicted molar refractivity (Wildman–Crippen MR) is 316 cm³/mol. The molecule has 1 atom stereocenters. The lowest BCUT2D eigenvalue weighted by Crippen LogP contribution is -2.30. The van der Waals surface area contributed by atoms with Crippen molar-refractivity contribution in [2.75, 3.05) is 13.2 Å². The van der Waals surface area contributed by atoms with Crippen molar-refractivity contribution in [1.29, 1.82) is 0 Å². The van der Waals surface area contributed by atoms with Crippen LogP contribution in [0.5, 0.6) is 0 Å². The molecule has 0 aliphatic heterocycles. The lowest BCUT2D eigenvalue weighted by atomic mass is 10.0. The van der Waals surface area contributed by atoms with E-state index in [1.807, 2.05) is 0 Å². The Bertz CT molecular complexity index is 1220. The van der Waals surface area contributed by atoms with Gasteiger partial charge < -0.3 is 14.2 Å². The van der Waals surface area contributed by atoms with Gasteiger partial charge in [0.2, 0.25) is 0 Å². The monoisotopic (exact) mass is 1020 g/mol. The number of hydrogen-bond acceptors (Lipinski definition) is 6. The second-order valence-corrected chi connectivity index (χ2v) is 22.0. The van der Waals surface area contributed by atoms with Gasteiger partial charge in [-0.3, -0.25) is 14.4 Å².